The van der Waals surface area contributed by atoms with Gasteiger partial charge in [-0.3, -0.25) is 4.99 Å². The lowest BCUT2D eigenvalue weighted by Crippen LogP contribution is -2.45. The van der Waals surface area contributed by atoms with Crippen LogP contribution in [0.3, 0.4) is 0 Å². The Labute approximate surface area is 169 Å². The van der Waals surface area contributed by atoms with Gasteiger partial charge in [0.05, 0.1) is 25.0 Å². The van der Waals surface area contributed by atoms with Gasteiger partial charge in [-0.05, 0) is 30.4 Å². The van der Waals surface area contributed by atoms with Crippen molar-refractivity contribution in [1.82, 2.24) is 14.9 Å². The van der Waals surface area contributed by atoms with Gasteiger partial charge in [0.25, 0.3) is 0 Å². The average Bonchev–Trinajstić information content (AvgIpc) is 2.67. The quantitative estimate of drug-likeness (QED) is 0.504. The van der Waals surface area contributed by atoms with Crippen molar-refractivity contribution in [2.24, 2.45) is 10.9 Å². The van der Waals surface area contributed by atoms with Gasteiger partial charge in [-0.25, -0.2) is 8.42 Å². The maximum atomic E-state index is 12.4. The van der Waals surface area contributed by atoms with Crippen LogP contribution in [-0.2, 0) is 21.2 Å². The van der Waals surface area contributed by atoms with Crippen molar-refractivity contribution in [1.29, 1.82) is 0 Å². The molecular formula is C20H34N4O3S. The molecule has 0 bridgehead atoms. The topological polar surface area (TPSA) is 83.0 Å². The van der Waals surface area contributed by atoms with Gasteiger partial charge >= 0.3 is 0 Å². The van der Waals surface area contributed by atoms with Crippen LogP contribution in [0.25, 0.3) is 0 Å². The normalized spacial score (nSPS) is 17.5. The number of hydrogen-bond donors (Lipinski definition) is 2. The van der Waals surface area contributed by atoms with Crippen LogP contribution in [0.5, 0.6) is 0 Å². The zero-order chi connectivity index (χ0) is 20.6. The molecule has 1 saturated heterocycles. The van der Waals surface area contributed by atoms with Crippen molar-refractivity contribution in [2.75, 3.05) is 45.6 Å². The number of hydrogen-bond acceptors (Lipinski definition) is 4. The van der Waals surface area contributed by atoms with Crippen molar-refractivity contribution < 1.29 is 13.2 Å². The highest BCUT2D eigenvalue weighted by molar-refractivity contribution is 7.89. The molecule has 0 aromatic heterocycles. The number of benzene rings is 1. The minimum atomic E-state index is -3.27. The van der Waals surface area contributed by atoms with E-state index in [0.717, 1.165) is 12.0 Å². The third-order valence-electron chi connectivity index (χ3n) is 4.72. The third kappa shape index (κ3) is 7.07. The Morgan fingerprint density at radius 3 is 2.39 bits per heavy atom. The molecule has 1 aliphatic heterocycles. The fourth-order valence-electron chi connectivity index (χ4n) is 3.15. The van der Waals surface area contributed by atoms with Gasteiger partial charge in [-0.2, -0.15) is 4.31 Å². The Morgan fingerprint density at radius 2 is 1.82 bits per heavy atom. The largest absolute Gasteiger partial charge is 0.379 e. The van der Waals surface area contributed by atoms with Gasteiger partial charge in [-0.15, -0.1) is 0 Å². The van der Waals surface area contributed by atoms with Gasteiger partial charge in [-0.1, -0.05) is 38.1 Å². The van der Waals surface area contributed by atoms with E-state index in [-0.39, 0.29) is 11.8 Å². The maximum Gasteiger partial charge on any atom is 0.215 e. The van der Waals surface area contributed by atoms with Crippen molar-refractivity contribution in [3.8, 4) is 0 Å². The highest BCUT2D eigenvalue weighted by atomic mass is 32.2. The monoisotopic (exact) mass is 410 g/mol. The maximum absolute atomic E-state index is 12.4. The van der Waals surface area contributed by atoms with Crippen LogP contribution in [0.2, 0.25) is 0 Å². The van der Waals surface area contributed by atoms with Crippen LogP contribution >= 0.6 is 0 Å². The Kier molecular flexibility index (Phi) is 8.72. The second-order valence-electron chi connectivity index (χ2n) is 7.53. The summed E-state index contributed by atoms with van der Waals surface area (Å²) < 4.78 is 31.5. The molecular weight excluding hydrogens is 376 g/mol. The van der Waals surface area contributed by atoms with Crippen LogP contribution in [0, 0.1) is 5.92 Å². The second-order valence-corrected chi connectivity index (χ2v) is 9.62. The molecule has 1 atom stereocenters. The molecule has 1 aromatic carbocycles. The van der Waals surface area contributed by atoms with Gasteiger partial charge < -0.3 is 15.4 Å². The number of guanidine groups is 1. The highest BCUT2D eigenvalue weighted by Gasteiger charge is 2.23. The van der Waals surface area contributed by atoms with Crippen LogP contribution in [-0.4, -0.2) is 64.3 Å². The van der Waals surface area contributed by atoms with Gasteiger partial charge in [0.2, 0.25) is 10.0 Å². The number of sulfonamides is 1. The fourth-order valence-corrected chi connectivity index (χ4v) is 4.47. The zero-order valence-corrected chi connectivity index (χ0v) is 18.3. The summed E-state index contributed by atoms with van der Waals surface area (Å²) in [6.45, 7) is 8.58. The first-order valence-electron chi connectivity index (χ1n) is 9.93. The summed E-state index contributed by atoms with van der Waals surface area (Å²) in [5.74, 6) is 1.26. The number of ether oxygens (including phenoxy) is 1. The van der Waals surface area contributed by atoms with E-state index in [1.54, 1.807) is 7.05 Å². The van der Waals surface area contributed by atoms with Crippen LogP contribution < -0.4 is 10.6 Å². The van der Waals surface area contributed by atoms with E-state index in [1.807, 2.05) is 0 Å². The minimum absolute atomic E-state index is 0.0337. The molecule has 158 valence electrons. The Balaban J connectivity index is 1.83. The molecule has 2 rings (SSSR count). The molecule has 28 heavy (non-hydrogen) atoms. The lowest BCUT2D eigenvalue weighted by molar-refractivity contribution is 0.0730. The molecule has 0 saturated carbocycles. The van der Waals surface area contributed by atoms with Gasteiger partial charge in [0, 0.05) is 26.7 Å². The Bertz CT molecular complexity index is 726. The minimum Gasteiger partial charge on any atom is -0.379 e. The van der Waals surface area contributed by atoms with Gasteiger partial charge in [0.15, 0.2) is 5.96 Å². The molecule has 0 radical (unpaired) electrons. The number of aliphatic imine (C=N–C) groups is 1. The molecule has 1 unspecified atom stereocenters. The summed E-state index contributed by atoms with van der Waals surface area (Å²) in [6, 6.07) is 8.66. The van der Waals surface area contributed by atoms with Crippen LogP contribution in [0.1, 0.15) is 37.9 Å². The number of morpholine rings is 1. The van der Waals surface area contributed by atoms with E-state index in [2.05, 4.69) is 60.7 Å². The highest BCUT2D eigenvalue weighted by Crippen LogP contribution is 2.15. The summed E-state index contributed by atoms with van der Waals surface area (Å²) >= 11 is 0. The Hall–Kier alpha value is -1.64. The fraction of sp³-hybridized carbons (Fsp3) is 0.650. The number of rotatable bonds is 8. The van der Waals surface area contributed by atoms with Crippen LogP contribution in [0.4, 0.5) is 0 Å². The van der Waals surface area contributed by atoms with E-state index in [0.29, 0.717) is 44.7 Å². The van der Waals surface area contributed by atoms with E-state index in [9.17, 15) is 8.42 Å². The smallest absolute Gasteiger partial charge is 0.215 e. The summed E-state index contributed by atoms with van der Waals surface area (Å²) in [5, 5.41) is 6.42. The molecule has 1 aromatic rings. The molecule has 7 nitrogen and oxygen atoms in total. The standard InChI is InChI=1S/C20H34N4O3S/c1-16(2)15-18-5-7-19(8-6-18)17(3)23-20(21-4)22-9-14-28(25,26)24-10-12-27-13-11-24/h5-8,16-17H,9-15H2,1-4H3,(H2,21,22,23). The molecule has 0 amide bonds. The first-order valence-corrected chi connectivity index (χ1v) is 11.5. The number of nitrogens with zero attached hydrogens (tertiary/aromatic N) is 2. The molecule has 0 spiro atoms. The van der Waals surface area contributed by atoms with Crippen molar-refractivity contribution in [3.05, 3.63) is 35.4 Å². The predicted octanol–water partition coefficient (Wildman–Crippen LogP) is 1.77. The summed E-state index contributed by atoms with van der Waals surface area (Å²) in [5.41, 5.74) is 2.50. The van der Waals surface area contributed by atoms with Gasteiger partial charge in [0.1, 0.15) is 0 Å². The first kappa shape index (κ1) is 22.6. The lowest BCUT2D eigenvalue weighted by atomic mass is 10.00. The molecule has 1 heterocycles. The summed E-state index contributed by atoms with van der Waals surface area (Å²) in [7, 11) is -1.59. The molecule has 1 fully saturated rings. The summed E-state index contributed by atoms with van der Waals surface area (Å²) in [6.07, 6.45) is 1.07. The second kappa shape index (κ2) is 10.8. The number of nitrogens with one attached hydrogen (secondary N) is 2. The molecule has 1 aliphatic rings. The molecule has 8 heteroatoms. The van der Waals surface area contributed by atoms with Crippen molar-refractivity contribution >= 4 is 16.0 Å². The van der Waals surface area contributed by atoms with E-state index >= 15 is 0 Å². The summed E-state index contributed by atoms with van der Waals surface area (Å²) in [4.78, 5) is 4.21. The Morgan fingerprint density at radius 1 is 1.18 bits per heavy atom. The third-order valence-corrected chi connectivity index (χ3v) is 6.59. The van der Waals surface area contributed by atoms with Crippen molar-refractivity contribution in [2.45, 2.75) is 33.2 Å². The van der Waals surface area contributed by atoms with E-state index < -0.39 is 10.0 Å². The SMILES string of the molecule is CN=C(NCCS(=O)(=O)N1CCOCC1)NC(C)c1ccc(CC(C)C)cc1. The zero-order valence-electron chi connectivity index (χ0n) is 17.4. The average molecular weight is 411 g/mol. The first-order chi connectivity index (χ1) is 13.3. The molecule has 2 N–H and O–H groups in total. The lowest BCUT2D eigenvalue weighted by Gasteiger charge is -2.26. The van der Waals surface area contributed by atoms with E-state index in [1.165, 1.54) is 9.87 Å². The molecule has 0 aliphatic carbocycles. The van der Waals surface area contributed by atoms with Crippen LogP contribution in [0.15, 0.2) is 29.3 Å². The van der Waals surface area contributed by atoms with E-state index in [4.69, 9.17) is 4.74 Å². The van der Waals surface area contributed by atoms with Crippen molar-refractivity contribution in [3.63, 3.8) is 0 Å². The predicted molar refractivity (Wildman–Crippen MR) is 114 cm³/mol.